The summed E-state index contributed by atoms with van der Waals surface area (Å²) in [6, 6.07) is 0. The van der Waals surface area contributed by atoms with E-state index in [1.54, 1.807) is 0 Å². The number of rotatable bonds is 1. The summed E-state index contributed by atoms with van der Waals surface area (Å²) >= 11 is 0. The van der Waals surface area contributed by atoms with Crippen molar-refractivity contribution in [2.75, 3.05) is 0 Å². The minimum atomic E-state index is 0.108. The van der Waals surface area contributed by atoms with Crippen LogP contribution in [0.5, 0.6) is 0 Å². The van der Waals surface area contributed by atoms with E-state index in [1.165, 1.54) is 25.7 Å². The van der Waals surface area contributed by atoms with Gasteiger partial charge in [-0.25, -0.2) is 0 Å². The Morgan fingerprint density at radius 1 is 1.23 bits per heavy atom. The van der Waals surface area contributed by atoms with Crippen LogP contribution in [0.25, 0.3) is 0 Å². The lowest BCUT2D eigenvalue weighted by Crippen LogP contribution is -2.30. The van der Waals surface area contributed by atoms with Crippen molar-refractivity contribution in [3.8, 4) is 12.3 Å². The molecule has 0 amide bonds. The van der Waals surface area contributed by atoms with Gasteiger partial charge in [0.05, 0.1) is 0 Å². The second-order valence-corrected chi connectivity index (χ2v) is 5.80. The van der Waals surface area contributed by atoms with Crippen molar-refractivity contribution in [1.29, 1.82) is 0 Å². The van der Waals surface area contributed by atoms with Crippen LogP contribution in [0.4, 0.5) is 0 Å². The third-order valence-electron chi connectivity index (χ3n) is 3.73. The topological polar surface area (TPSA) is 0 Å². The molecule has 0 N–H and O–H groups in total. The molecule has 0 saturated heterocycles. The smallest absolute Gasteiger partial charge is 0.0283 e. The second kappa shape index (κ2) is 3.37. The minimum Gasteiger partial charge on any atom is -0.120 e. The molecule has 0 spiro atoms. The summed E-state index contributed by atoms with van der Waals surface area (Å²) in [6.07, 6.45) is 10.8. The lowest BCUT2D eigenvalue weighted by atomic mass is 9.65. The molecule has 0 aromatic rings. The van der Waals surface area contributed by atoms with E-state index < -0.39 is 0 Å². The van der Waals surface area contributed by atoms with Gasteiger partial charge in [-0.3, -0.25) is 0 Å². The summed E-state index contributed by atoms with van der Waals surface area (Å²) in [5.41, 5.74) is 0.664. The molecular weight excluding hydrogens is 156 g/mol. The molecule has 0 heteroatoms. The maximum atomic E-state index is 5.55. The molecule has 0 radical (unpaired) electrons. The quantitative estimate of drug-likeness (QED) is 0.535. The van der Waals surface area contributed by atoms with E-state index >= 15 is 0 Å². The maximum Gasteiger partial charge on any atom is 0.0283 e. The fraction of sp³-hybridized carbons (Fsp3) is 0.846. The molecule has 0 heterocycles. The first-order valence-corrected chi connectivity index (χ1v) is 5.35. The van der Waals surface area contributed by atoms with Crippen LogP contribution in [0, 0.1) is 29.1 Å². The van der Waals surface area contributed by atoms with E-state index in [2.05, 4.69) is 33.6 Å². The molecule has 1 saturated carbocycles. The Morgan fingerprint density at radius 3 is 2.08 bits per heavy atom. The molecular formula is C13H22. The van der Waals surface area contributed by atoms with Crippen LogP contribution in [0.2, 0.25) is 0 Å². The summed E-state index contributed by atoms with van der Waals surface area (Å²) in [6.45, 7) is 9.14. The largest absolute Gasteiger partial charge is 0.120 e. The molecule has 1 aliphatic rings. The Balaban J connectivity index is 2.56. The Kier molecular flexibility index (Phi) is 2.76. The van der Waals surface area contributed by atoms with E-state index in [9.17, 15) is 0 Å². The molecule has 0 nitrogen and oxygen atoms in total. The van der Waals surface area contributed by atoms with Gasteiger partial charge in [0.1, 0.15) is 0 Å². The molecule has 0 atom stereocenters. The molecule has 1 rings (SSSR count). The van der Waals surface area contributed by atoms with Crippen molar-refractivity contribution in [3.05, 3.63) is 0 Å². The summed E-state index contributed by atoms with van der Waals surface area (Å²) in [4.78, 5) is 0. The van der Waals surface area contributed by atoms with Crippen LogP contribution in [-0.4, -0.2) is 0 Å². The molecule has 13 heavy (non-hydrogen) atoms. The summed E-state index contributed by atoms with van der Waals surface area (Å²) in [5, 5.41) is 0. The first-order valence-electron chi connectivity index (χ1n) is 5.35. The zero-order valence-electron chi connectivity index (χ0n) is 9.48. The highest BCUT2D eigenvalue weighted by Gasteiger charge is 2.34. The molecule has 0 unspecified atom stereocenters. The molecule has 0 aromatic carbocycles. The van der Waals surface area contributed by atoms with Crippen LogP contribution in [0.1, 0.15) is 53.4 Å². The average Bonchev–Trinajstić information content (AvgIpc) is 2.04. The Morgan fingerprint density at radius 2 is 1.69 bits per heavy atom. The summed E-state index contributed by atoms with van der Waals surface area (Å²) in [5.74, 6) is 3.68. The van der Waals surface area contributed by atoms with Crippen molar-refractivity contribution in [1.82, 2.24) is 0 Å². The third kappa shape index (κ3) is 2.50. The van der Waals surface area contributed by atoms with Gasteiger partial charge < -0.3 is 0 Å². The third-order valence-corrected chi connectivity index (χ3v) is 3.73. The number of hydrogen-bond acceptors (Lipinski definition) is 0. The van der Waals surface area contributed by atoms with E-state index in [4.69, 9.17) is 6.42 Å². The lowest BCUT2D eigenvalue weighted by Gasteiger charge is -2.39. The minimum absolute atomic E-state index is 0.108. The van der Waals surface area contributed by atoms with Gasteiger partial charge in [0.15, 0.2) is 0 Å². The SMILES string of the molecule is C#CC(C)(C)C1CCC(C)(C)CC1. The monoisotopic (exact) mass is 178 g/mol. The summed E-state index contributed by atoms with van der Waals surface area (Å²) in [7, 11) is 0. The van der Waals surface area contributed by atoms with Gasteiger partial charge in [-0.2, -0.15) is 0 Å². The summed E-state index contributed by atoms with van der Waals surface area (Å²) < 4.78 is 0. The normalized spacial score (nSPS) is 23.9. The van der Waals surface area contributed by atoms with Crippen molar-refractivity contribution in [3.63, 3.8) is 0 Å². The van der Waals surface area contributed by atoms with Crippen LogP contribution in [-0.2, 0) is 0 Å². The molecule has 74 valence electrons. The Hall–Kier alpha value is -0.440. The van der Waals surface area contributed by atoms with Gasteiger partial charge in [-0.05, 0) is 50.9 Å². The fourth-order valence-electron chi connectivity index (χ4n) is 2.24. The van der Waals surface area contributed by atoms with Crippen LogP contribution in [0.3, 0.4) is 0 Å². The van der Waals surface area contributed by atoms with Gasteiger partial charge in [0, 0.05) is 5.41 Å². The maximum absolute atomic E-state index is 5.55. The predicted octanol–water partition coefficient (Wildman–Crippen LogP) is 3.86. The molecule has 0 aliphatic heterocycles. The van der Waals surface area contributed by atoms with Crippen LogP contribution in [0.15, 0.2) is 0 Å². The van der Waals surface area contributed by atoms with Gasteiger partial charge in [0.25, 0.3) is 0 Å². The zero-order chi connectivity index (χ0) is 10.1. The molecule has 0 aromatic heterocycles. The first kappa shape index (κ1) is 10.6. The molecule has 0 bridgehead atoms. The zero-order valence-corrected chi connectivity index (χ0v) is 9.48. The van der Waals surface area contributed by atoms with Crippen LogP contribution < -0.4 is 0 Å². The Bertz CT molecular complexity index is 205. The fourth-order valence-corrected chi connectivity index (χ4v) is 2.24. The number of hydrogen-bond donors (Lipinski definition) is 0. The second-order valence-electron chi connectivity index (χ2n) is 5.80. The highest BCUT2D eigenvalue weighted by Crippen LogP contribution is 2.44. The predicted molar refractivity (Wildman–Crippen MR) is 58.4 cm³/mol. The van der Waals surface area contributed by atoms with Crippen molar-refractivity contribution in [2.45, 2.75) is 53.4 Å². The lowest BCUT2D eigenvalue weighted by molar-refractivity contribution is 0.133. The highest BCUT2D eigenvalue weighted by atomic mass is 14.4. The van der Waals surface area contributed by atoms with E-state index in [0.717, 1.165) is 5.92 Å². The van der Waals surface area contributed by atoms with E-state index in [0.29, 0.717) is 5.41 Å². The average molecular weight is 178 g/mol. The Labute approximate surface area is 83.1 Å². The van der Waals surface area contributed by atoms with Gasteiger partial charge in [0.2, 0.25) is 0 Å². The standard InChI is InChI=1S/C13H22/c1-6-13(4,5)11-7-9-12(2,3)10-8-11/h1,11H,7-10H2,2-5H3. The number of terminal acetylenes is 1. The molecule has 1 fully saturated rings. The molecule has 1 aliphatic carbocycles. The first-order chi connectivity index (χ1) is 5.87. The van der Waals surface area contributed by atoms with Gasteiger partial charge >= 0.3 is 0 Å². The highest BCUT2D eigenvalue weighted by molar-refractivity contribution is 5.05. The van der Waals surface area contributed by atoms with Gasteiger partial charge in [-0.1, -0.05) is 13.8 Å². The van der Waals surface area contributed by atoms with Crippen LogP contribution >= 0.6 is 0 Å². The van der Waals surface area contributed by atoms with Crippen molar-refractivity contribution >= 4 is 0 Å². The van der Waals surface area contributed by atoms with Crippen molar-refractivity contribution in [2.24, 2.45) is 16.7 Å². The van der Waals surface area contributed by atoms with E-state index in [1.807, 2.05) is 0 Å². The van der Waals surface area contributed by atoms with E-state index in [-0.39, 0.29) is 5.41 Å². The van der Waals surface area contributed by atoms with Crippen molar-refractivity contribution < 1.29 is 0 Å². The van der Waals surface area contributed by atoms with Gasteiger partial charge in [-0.15, -0.1) is 12.3 Å².